The molecule has 1 aliphatic heterocycles. The molecule has 0 spiro atoms. The van der Waals surface area contributed by atoms with Crippen LogP contribution in [-0.2, 0) is 4.79 Å². The number of carbonyl (C=O) groups excluding carboxylic acids is 2. The average molecular weight is 258 g/mol. The van der Waals surface area contributed by atoms with E-state index in [0.717, 1.165) is 0 Å². The summed E-state index contributed by atoms with van der Waals surface area (Å²) in [6, 6.07) is 4.96. The molecular weight excluding hydrogens is 244 g/mol. The first-order valence-corrected chi connectivity index (χ1v) is 5.76. The Hall–Kier alpha value is -2.63. The van der Waals surface area contributed by atoms with Crippen molar-refractivity contribution in [1.82, 2.24) is 21.2 Å². The maximum Gasteiger partial charge on any atom is 0.288 e. The Morgan fingerprint density at radius 3 is 2.74 bits per heavy atom. The van der Waals surface area contributed by atoms with E-state index < -0.39 is 11.4 Å². The van der Waals surface area contributed by atoms with E-state index in [9.17, 15) is 9.59 Å². The number of nitrogens with zero attached hydrogens (tertiary/aromatic N) is 1. The van der Waals surface area contributed by atoms with Crippen LogP contribution < -0.4 is 16.2 Å². The number of hydrogen-bond donors (Lipinski definition) is 3. The third-order valence-corrected chi connectivity index (χ3v) is 2.68. The van der Waals surface area contributed by atoms with Crippen LogP contribution >= 0.6 is 0 Å². The van der Waals surface area contributed by atoms with Gasteiger partial charge in [0.05, 0.1) is 0 Å². The number of rotatable bonds is 2. The van der Waals surface area contributed by atoms with Crippen LogP contribution in [0.1, 0.15) is 17.4 Å². The van der Waals surface area contributed by atoms with Crippen molar-refractivity contribution in [3.8, 4) is 0 Å². The Labute approximate surface area is 110 Å². The molecule has 2 rings (SSSR count). The van der Waals surface area contributed by atoms with E-state index in [1.54, 1.807) is 49.6 Å². The Bertz CT molecular complexity index is 539. The van der Waals surface area contributed by atoms with Gasteiger partial charge in [0, 0.05) is 6.20 Å². The van der Waals surface area contributed by atoms with Crippen LogP contribution in [0.25, 0.3) is 0 Å². The van der Waals surface area contributed by atoms with Crippen molar-refractivity contribution in [2.45, 2.75) is 12.5 Å². The van der Waals surface area contributed by atoms with Gasteiger partial charge in [0.2, 0.25) is 0 Å². The lowest BCUT2D eigenvalue weighted by Gasteiger charge is -2.27. The average Bonchev–Trinajstić information content (AvgIpc) is 2.46. The van der Waals surface area contributed by atoms with Crippen molar-refractivity contribution in [2.75, 3.05) is 0 Å². The first kappa shape index (κ1) is 12.8. The van der Waals surface area contributed by atoms with Gasteiger partial charge in [0.1, 0.15) is 11.2 Å². The zero-order valence-electron chi connectivity index (χ0n) is 10.4. The van der Waals surface area contributed by atoms with Gasteiger partial charge in [-0.15, -0.1) is 0 Å². The van der Waals surface area contributed by atoms with E-state index in [2.05, 4.69) is 21.2 Å². The highest BCUT2D eigenvalue weighted by Crippen LogP contribution is 2.09. The van der Waals surface area contributed by atoms with E-state index in [1.807, 2.05) is 0 Å². The fraction of sp³-hybridized carbons (Fsp3) is 0.154. The quantitative estimate of drug-likeness (QED) is 0.665. The second-order valence-electron chi connectivity index (χ2n) is 4.19. The number of pyridine rings is 1. The third kappa shape index (κ3) is 2.98. The van der Waals surface area contributed by atoms with Gasteiger partial charge in [-0.1, -0.05) is 18.2 Å². The van der Waals surface area contributed by atoms with Gasteiger partial charge < -0.3 is 5.32 Å². The molecule has 19 heavy (non-hydrogen) atoms. The zero-order valence-corrected chi connectivity index (χ0v) is 10.4. The van der Waals surface area contributed by atoms with E-state index in [-0.39, 0.29) is 11.6 Å². The highest BCUT2D eigenvalue weighted by molar-refractivity contribution is 5.95. The van der Waals surface area contributed by atoms with Crippen molar-refractivity contribution in [3.63, 3.8) is 0 Å². The minimum absolute atomic E-state index is 0.236. The number of nitrogens with one attached hydrogen (secondary N) is 3. The van der Waals surface area contributed by atoms with E-state index in [1.165, 1.54) is 6.20 Å². The monoisotopic (exact) mass is 258 g/mol. The maximum atomic E-state index is 12.0. The number of allylic oxidation sites excluding steroid dienone is 2. The summed E-state index contributed by atoms with van der Waals surface area (Å²) < 4.78 is 0. The van der Waals surface area contributed by atoms with Gasteiger partial charge in [0.15, 0.2) is 0 Å². The summed E-state index contributed by atoms with van der Waals surface area (Å²) in [6.45, 7) is 1.70. The smallest absolute Gasteiger partial charge is 0.288 e. The molecule has 3 N–H and O–H groups in total. The lowest BCUT2D eigenvalue weighted by Crippen LogP contribution is -2.56. The summed E-state index contributed by atoms with van der Waals surface area (Å²) >= 11 is 0. The van der Waals surface area contributed by atoms with Gasteiger partial charge in [0.25, 0.3) is 11.8 Å². The first-order valence-electron chi connectivity index (χ1n) is 5.76. The van der Waals surface area contributed by atoms with Crippen LogP contribution in [0.15, 0.2) is 48.8 Å². The molecule has 1 aromatic rings. The summed E-state index contributed by atoms with van der Waals surface area (Å²) in [5.41, 5.74) is 4.04. The zero-order chi connectivity index (χ0) is 13.7. The van der Waals surface area contributed by atoms with Crippen molar-refractivity contribution in [2.24, 2.45) is 0 Å². The highest BCUT2D eigenvalue weighted by atomic mass is 16.2. The number of hydrogen-bond acceptors (Lipinski definition) is 4. The third-order valence-electron chi connectivity index (χ3n) is 2.68. The first-order chi connectivity index (χ1) is 9.12. The number of carbonyl (C=O) groups is 2. The summed E-state index contributed by atoms with van der Waals surface area (Å²) in [5, 5.41) is 2.91. The van der Waals surface area contributed by atoms with Gasteiger partial charge >= 0.3 is 0 Å². The molecule has 0 radical (unpaired) electrons. The molecule has 6 heteroatoms. The van der Waals surface area contributed by atoms with Crippen LogP contribution in [0.4, 0.5) is 0 Å². The molecule has 6 nitrogen and oxygen atoms in total. The number of amides is 2. The predicted molar refractivity (Wildman–Crippen MR) is 69.7 cm³/mol. The van der Waals surface area contributed by atoms with E-state index in [0.29, 0.717) is 0 Å². The number of aromatic nitrogens is 1. The summed E-state index contributed by atoms with van der Waals surface area (Å²) in [7, 11) is 0. The Balaban J connectivity index is 1.92. The molecule has 98 valence electrons. The minimum atomic E-state index is -0.883. The molecule has 0 saturated carbocycles. The molecule has 0 bridgehead atoms. The van der Waals surface area contributed by atoms with Crippen molar-refractivity contribution in [1.29, 1.82) is 0 Å². The van der Waals surface area contributed by atoms with Crippen molar-refractivity contribution < 1.29 is 9.59 Å². The van der Waals surface area contributed by atoms with Crippen LogP contribution in [0.2, 0.25) is 0 Å². The van der Waals surface area contributed by atoms with Gasteiger partial charge in [-0.3, -0.25) is 25.4 Å². The second kappa shape index (κ2) is 5.34. The lowest BCUT2D eigenvalue weighted by molar-refractivity contribution is -0.125. The maximum absolute atomic E-state index is 12.0. The topological polar surface area (TPSA) is 83.1 Å². The lowest BCUT2D eigenvalue weighted by atomic mass is 9.99. The SMILES string of the molecule is CC1(C(=O)NNC(=O)c2ccccn2)C=CC=CN1. The van der Waals surface area contributed by atoms with Crippen molar-refractivity contribution >= 4 is 11.8 Å². The molecule has 1 unspecified atom stereocenters. The number of dihydropyridines is 1. The molecule has 0 saturated heterocycles. The minimum Gasteiger partial charge on any atom is -0.374 e. The normalized spacial score (nSPS) is 20.5. The Morgan fingerprint density at radius 2 is 2.11 bits per heavy atom. The van der Waals surface area contributed by atoms with E-state index >= 15 is 0 Å². The highest BCUT2D eigenvalue weighted by Gasteiger charge is 2.30. The summed E-state index contributed by atoms with van der Waals surface area (Å²) in [4.78, 5) is 27.5. The van der Waals surface area contributed by atoms with E-state index in [4.69, 9.17) is 0 Å². The Kier molecular flexibility index (Phi) is 3.61. The standard InChI is InChI=1S/C13H14N4O2/c1-13(7-3-5-9-15-13)12(19)17-16-11(18)10-6-2-4-8-14-10/h2-9,15H,1H3,(H,16,18)(H,17,19). The predicted octanol–water partition coefficient (Wildman–Crippen LogP) is 0.274. The van der Waals surface area contributed by atoms with Crippen LogP contribution in [0.3, 0.4) is 0 Å². The largest absolute Gasteiger partial charge is 0.374 e. The van der Waals surface area contributed by atoms with Crippen molar-refractivity contribution in [3.05, 3.63) is 54.5 Å². The molecule has 0 aromatic carbocycles. The fourth-order valence-electron chi connectivity index (χ4n) is 1.52. The fourth-order valence-corrected chi connectivity index (χ4v) is 1.52. The number of hydrazine groups is 1. The molecule has 1 aromatic heterocycles. The Morgan fingerprint density at radius 1 is 1.26 bits per heavy atom. The van der Waals surface area contributed by atoms with Crippen LogP contribution in [0.5, 0.6) is 0 Å². The van der Waals surface area contributed by atoms with Gasteiger partial charge in [-0.2, -0.15) is 0 Å². The molecular formula is C13H14N4O2. The summed E-state index contributed by atoms with van der Waals surface area (Å²) in [6.07, 6.45) is 8.42. The molecule has 2 heterocycles. The van der Waals surface area contributed by atoms with Crippen LogP contribution in [0, 0.1) is 0 Å². The molecule has 1 atom stereocenters. The molecule has 2 amide bonds. The van der Waals surface area contributed by atoms with Crippen LogP contribution in [-0.4, -0.2) is 22.3 Å². The summed E-state index contributed by atoms with van der Waals surface area (Å²) in [5.74, 6) is -0.828. The molecule has 0 aliphatic carbocycles. The molecule has 1 aliphatic rings. The second-order valence-corrected chi connectivity index (χ2v) is 4.19. The van der Waals surface area contributed by atoms with Gasteiger partial charge in [-0.05, 0) is 31.3 Å². The molecule has 0 fully saturated rings. The van der Waals surface area contributed by atoms with Gasteiger partial charge in [-0.25, -0.2) is 0 Å².